The molecule has 7 nitrogen and oxygen atoms in total. The summed E-state index contributed by atoms with van der Waals surface area (Å²) in [4.78, 5) is 28.7. The van der Waals surface area contributed by atoms with E-state index in [1.165, 1.54) is 11.8 Å². The molecule has 0 saturated carbocycles. The summed E-state index contributed by atoms with van der Waals surface area (Å²) in [6.45, 7) is 1.92. The first-order valence-corrected chi connectivity index (χ1v) is 10.3. The number of nitrogens with one attached hydrogen (secondary N) is 2. The number of aryl methyl sites for hydroxylation is 1. The van der Waals surface area contributed by atoms with Gasteiger partial charge in [0.1, 0.15) is 5.82 Å². The van der Waals surface area contributed by atoms with Gasteiger partial charge in [-0.25, -0.2) is 0 Å². The van der Waals surface area contributed by atoms with Crippen molar-refractivity contribution in [1.82, 2.24) is 19.9 Å². The first-order chi connectivity index (χ1) is 14.1. The van der Waals surface area contributed by atoms with E-state index in [9.17, 15) is 4.79 Å². The van der Waals surface area contributed by atoms with Gasteiger partial charge < -0.3 is 16.0 Å². The zero-order valence-electron chi connectivity index (χ0n) is 15.8. The third kappa shape index (κ3) is 4.38. The number of benzene rings is 2. The monoisotopic (exact) mass is 404 g/mol. The quantitative estimate of drug-likeness (QED) is 0.398. The predicted molar refractivity (Wildman–Crippen MR) is 117 cm³/mol. The molecule has 2 aromatic carbocycles. The Kier molecular flexibility index (Phi) is 5.44. The van der Waals surface area contributed by atoms with Crippen molar-refractivity contribution in [1.29, 1.82) is 0 Å². The third-order valence-electron chi connectivity index (χ3n) is 4.37. The largest absolute Gasteiger partial charge is 0.368 e. The van der Waals surface area contributed by atoms with Crippen LogP contribution in [-0.4, -0.2) is 31.5 Å². The van der Waals surface area contributed by atoms with Crippen molar-refractivity contribution in [2.45, 2.75) is 12.7 Å². The number of ketones is 1. The zero-order valence-corrected chi connectivity index (χ0v) is 16.7. The number of hydrogen-bond acceptors (Lipinski definition) is 7. The van der Waals surface area contributed by atoms with Crippen LogP contribution in [0.2, 0.25) is 0 Å². The minimum Gasteiger partial charge on any atom is -0.368 e. The van der Waals surface area contributed by atoms with Crippen LogP contribution in [0.4, 0.5) is 17.6 Å². The van der Waals surface area contributed by atoms with E-state index in [1.54, 1.807) is 0 Å². The molecule has 0 atom stereocenters. The standard InChI is InChI=1S/C21H20N6OS/c1-13-19(15-9-5-6-10-16(15)23-13)17(28)11-29-12-18-25-20(22)27-21(26-18)24-14-7-3-2-4-8-14/h2-10,23H,11-12H2,1H3,(H3,22,24,25,26,27). The topological polar surface area (TPSA) is 110 Å². The lowest BCUT2D eigenvalue weighted by atomic mass is 10.1. The molecule has 0 saturated heterocycles. The fraction of sp³-hybridized carbons (Fsp3) is 0.143. The number of para-hydroxylation sites is 2. The van der Waals surface area contributed by atoms with E-state index >= 15 is 0 Å². The lowest BCUT2D eigenvalue weighted by Crippen LogP contribution is -2.08. The number of thioether (sulfide) groups is 1. The third-order valence-corrected chi connectivity index (χ3v) is 5.29. The van der Waals surface area contributed by atoms with E-state index in [4.69, 9.17) is 5.73 Å². The van der Waals surface area contributed by atoms with E-state index in [-0.39, 0.29) is 11.7 Å². The van der Waals surface area contributed by atoms with Crippen LogP contribution in [0.1, 0.15) is 21.9 Å². The summed E-state index contributed by atoms with van der Waals surface area (Å²) in [5.41, 5.74) is 9.29. The van der Waals surface area contributed by atoms with Crippen LogP contribution in [0.5, 0.6) is 0 Å². The summed E-state index contributed by atoms with van der Waals surface area (Å²) < 4.78 is 0. The average Bonchev–Trinajstić information content (AvgIpc) is 3.04. The van der Waals surface area contributed by atoms with E-state index in [2.05, 4.69) is 25.3 Å². The normalized spacial score (nSPS) is 10.9. The number of rotatable bonds is 7. The number of Topliss-reactive ketones (excluding diaryl/α,β-unsaturated/α-hetero) is 1. The first kappa shape index (κ1) is 18.9. The SMILES string of the molecule is Cc1[nH]c2ccccc2c1C(=O)CSCc1nc(N)nc(Nc2ccccc2)n1. The average molecular weight is 404 g/mol. The molecule has 0 aliphatic carbocycles. The molecule has 4 aromatic rings. The second kappa shape index (κ2) is 8.32. The number of carbonyl (C=O) groups is 1. The van der Waals surface area contributed by atoms with E-state index in [1.807, 2.05) is 61.5 Å². The molecule has 0 radical (unpaired) electrons. The number of aromatic nitrogens is 4. The summed E-state index contributed by atoms with van der Waals surface area (Å²) >= 11 is 1.45. The molecule has 0 amide bonds. The maximum atomic E-state index is 12.8. The molecule has 2 heterocycles. The summed E-state index contributed by atoms with van der Waals surface area (Å²) in [7, 11) is 0. The van der Waals surface area contributed by atoms with Gasteiger partial charge in [0.25, 0.3) is 0 Å². The maximum Gasteiger partial charge on any atom is 0.232 e. The molecule has 2 aromatic heterocycles. The number of carbonyl (C=O) groups excluding carboxylic acids is 1. The number of fused-ring (bicyclic) bond motifs is 1. The molecule has 146 valence electrons. The Hall–Kier alpha value is -3.39. The molecule has 8 heteroatoms. The predicted octanol–water partition coefficient (Wildman–Crippen LogP) is 4.10. The fourth-order valence-electron chi connectivity index (χ4n) is 3.15. The highest BCUT2D eigenvalue weighted by atomic mass is 32.2. The van der Waals surface area contributed by atoms with Crippen molar-refractivity contribution in [2.24, 2.45) is 0 Å². The molecule has 29 heavy (non-hydrogen) atoms. The number of nitrogens with zero attached hydrogens (tertiary/aromatic N) is 3. The van der Waals surface area contributed by atoms with Gasteiger partial charge in [-0.15, -0.1) is 11.8 Å². The lowest BCUT2D eigenvalue weighted by Gasteiger charge is -2.07. The van der Waals surface area contributed by atoms with Gasteiger partial charge in [-0.1, -0.05) is 36.4 Å². The van der Waals surface area contributed by atoms with Crippen molar-refractivity contribution in [3.63, 3.8) is 0 Å². The van der Waals surface area contributed by atoms with E-state index in [0.29, 0.717) is 23.3 Å². The Morgan fingerprint density at radius 2 is 1.83 bits per heavy atom. The number of H-pyrrole nitrogens is 1. The van der Waals surface area contributed by atoms with Gasteiger partial charge in [0.15, 0.2) is 5.78 Å². The van der Waals surface area contributed by atoms with Gasteiger partial charge in [-0.05, 0) is 25.1 Å². The molecule has 4 rings (SSSR count). The van der Waals surface area contributed by atoms with Crippen LogP contribution < -0.4 is 11.1 Å². The highest BCUT2D eigenvalue weighted by Crippen LogP contribution is 2.24. The minimum absolute atomic E-state index is 0.0783. The Labute approximate surface area is 172 Å². The first-order valence-electron chi connectivity index (χ1n) is 9.11. The number of anilines is 3. The van der Waals surface area contributed by atoms with Crippen LogP contribution in [0.25, 0.3) is 10.9 Å². The molecule has 0 aliphatic heterocycles. The molecule has 4 N–H and O–H groups in total. The van der Waals surface area contributed by atoms with Crippen molar-refractivity contribution < 1.29 is 4.79 Å². The molecule has 0 unspecified atom stereocenters. The van der Waals surface area contributed by atoms with E-state index in [0.717, 1.165) is 27.8 Å². The Morgan fingerprint density at radius 1 is 1.07 bits per heavy atom. The molecular weight excluding hydrogens is 384 g/mol. The smallest absolute Gasteiger partial charge is 0.232 e. The number of hydrogen-bond donors (Lipinski definition) is 3. The Balaban J connectivity index is 1.42. The number of nitrogens with two attached hydrogens (primary N) is 1. The van der Waals surface area contributed by atoms with Crippen LogP contribution in [0.15, 0.2) is 54.6 Å². The molecule has 0 aliphatic rings. The van der Waals surface area contributed by atoms with Crippen molar-refractivity contribution in [2.75, 3.05) is 16.8 Å². The molecule has 0 fully saturated rings. The molecule has 0 bridgehead atoms. The summed E-state index contributed by atoms with van der Waals surface area (Å²) in [5.74, 6) is 1.93. The number of aromatic amines is 1. The van der Waals surface area contributed by atoms with E-state index < -0.39 is 0 Å². The summed E-state index contributed by atoms with van der Waals surface area (Å²) in [6.07, 6.45) is 0. The Morgan fingerprint density at radius 3 is 2.66 bits per heavy atom. The van der Waals surface area contributed by atoms with Crippen molar-refractivity contribution in [3.05, 3.63) is 71.7 Å². The van der Waals surface area contributed by atoms with Crippen LogP contribution >= 0.6 is 11.8 Å². The van der Waals surface area contributed by atoms with Gasteiger partial charge >= 0.3 is 0 Å². The summed E-state index contributed by atoms with van der Waals surface area (Å²) in [6, 6.07) is 17.4. The van der Waals surface area contributed by atoms with Crippen LogP contribution in [0.3, 0.4) is 0 Å². The maximum absolute atomic E-state index is 12.8. The fourth-order valence-corrected chi connectivity index (χ4v) is 3.90. The Bertz CT molecular complexity index is 1160. The molecular formula is C21H20N6OS. The zero-order chi connectivity index (χ0) is 20.2. The highest BCUT2D eigenvalue weighted by molar-refractivity contribution is 7.99. The van der Waals surface area contributed by atoms with Gasteiger partial charge in [-0.2, -0.15) is 15.0 Å². The molecule has 0 spiro atoms. The van der Waals surface area contributed by atoms with Gasteiger partial charge in [-0.3, -0.25) is 4.79 Å². The van der Waals surface area contributed by atoms with Crippen LogP contribution in [0, 0.1) is 6.92 Å². The summed E-state index contributed by atoms with van der Waals surface area (Å²) in [5, 5.41) is 4.06. The van der Waals surface area contributed by atoms with Gasteiger partial charge in [0.05, 0.1) is 11.5 Å². The lowest BCUT2D eigenvalue weighted by molar-refractivity contribution is 0.102. The second-order valence-electron chi connectivity index (χ2n) is 6.51. The van der Waals surface area contributed by atoms with Crippen molar-refractivity contribution >= 4 is 46.0 Å². The highest BCUT2D eigenvalue weighted by Gasteiger charge is 2.16. The van der Waals surface area contributed by atoms with Crippen LogP contribution in [-0.2, 0) is 5.75 Å². The minimum atomic E-state index is 0.0783. The van der Waals surface area contributed by atoms with Gasteiger partial charge in [0, 0.05) is 27.8 Å². The van der Waals surface area contributed by atoms with Crippen molar-refractivity contribution in [3.8, 4) is 0 Å². The number of nitrogen functional groups attached to an aromatic ring is 1. The second-order valence-corrected chi connectivity index (χ2v) is 7.50. The van der Waals surface area contributed by atoms with Gasteiger partial charge in [0.2, 0.25) is 11.9 Å².